The van der Waals surface area contributed by atoms with Gasteiger partial charge in [0.25, 0.3) is 5.39 Å². The van der Waals surface area contributed by atoms with Crippen molar-refractivity contribution < 1.29 is 0 Å². The van der Waals surface area contributed by atoms with Gasteiger partial charge < -0.3 is 0 Å². The van der Waals surface area contributed by atoms with Gasteiger partial charge in [-0.25, -0.2) is 0 Å². The van der Waals surface area contributed by atoms with E-state index in [1.807, 2.05) is 0 Å². The smallest absolute Gasteiger partial charge is 0.0678 e. The van der Waals surface area contributed by atoms with E-state index in [0.717, 1.165) is 6.17 Å². The van der Waals surface area contributed by atoms with E-state index < -0.39 is 8.07 Å². The zero-order chi connectivity index (χ0) is 6.62. The van der Waals surface area contributed by atoms with E-state index in [9.17, 15) is 0 Å². The minimum atomic E-state index is -1.04. The van der Waals surface area contributed by atoms with E-state index in [1.165, 1.54) is 0 Å². The molecule has 0 saturated carbocycles. The lowest BCUT2D eigenvalue weighted by Gasteiger charge is -2.07. The minimum Gasteiger partial charge on any atom is -0.0678 e. The lowest BCUT2D eigenvalue weighted by molar-refractivity contribution is 0.972. The van der Waals surface area contributed by atoms with Crippen molar-refractivity contribution in [1.29, 1.82) is 5.39 Å². The Hall–Kier alpha value is -0.563. The Balaban J connectivity index is 3.28. The van der Waals surface area contributed by atoms with Crippen LogP contribution in [-0.4, -0.2) is 14.2 Å². The monoisotopic (exact) mass is 130 g/mol. The Morgan fingerprint density at radius 3 is 2.12 bits per heavy atom. The molecule has 0 aliphatic rings. The van der Waals surface area contributed by atoms with Gasteiger partial charge in [-0.15, -0.1) is 0 Å². The number of nitrogens with one attached hydrogen (secondary N) is 1. The SMILES string of the molecule is C[Si](C)(C)CN[N+]#N. The van der Waals surface area contributed by atoms with E-state index in [0.29, 0.717) is 0 Å². The predicted molar refractivity (Wildman–Crippen MR) is 36.4 cm³/mol. The van der Waals surface area contributed by atoms with Crippen LogP contribution in [0, 0.1) is 5.39 Å². The fourth-order valence-electron chi connectivity index (χ4n) is 0.273. The highest BCUT2D eigenvalue weighted by atomic mass is 28.3. The first-order valence-corrected chi connectivity index (χ1v) is 6.34. The molecule has 3 nitrogen and oxygen atoms in total. The Morgan fingerprint density at radius 1 is 1.50 bits per heavy atom. The lowest BCUT2D eigenvalue weighted by Crippen LogP contribution is -2.33. The summed E-state index contributed by atoms with van der Waals surface area (Å²) in [4.78, 5) is 0. The van der Waals surface area contributed by atoms with Gasteiger partial charge >= 0.3 is 5.08 Å². The van der Waals surface area contributed by atoms with Crippen LogP contribution in [0.15, 0.2) is 0 Å². The molecule has 0 saturated heterocycles. The van der Waals surface area contributed by atoms with Crippen LogP contribution in [-0.2, 0) is 0 Å². The molecule has 1 N–H and O–H groups in total. The molecule has 0 unspecified atom stereocenters. The first-order valence-electron chi connectivity index (χ1n) is 2.63. The number of diazo groups is 1. The Labute approximate surface area is 50.7 Å². The molecule has 0 bridgehead atoms. The van der Waals surface area contributed by atoms with E-state index in [-0.39, 0.29) is 0 Å². The summed E-state index contributed by atoms with van der Waals surface area (Å²) < 4.78 is 0. The Kier molecular flexibility index (Phi) is 2.48. The van der Waals surface area contributed by atoms with Crippen molar-refractivity contribution >= 4 is 8.07 Å². The largest absolute Gasteiger partial charge is 0.302 e. The summed E-state index contributed by atoms with van der Waals surface area (Å²) in [5.41, 5.74) is 2.53. The van der Waals surface area contributed by atoms with Crippen LogP contribution in [0.25, 0.3) is 5.08 Å². The molecule has 0 rings (SSSR count). The highest BCUT2D eigenvalue weighted by Gasteiger charge is 2.14. The van der Waals surface area contributed by atoms with Crippen molar-refractivity contribution in [2.75, 3.05) is 6.17 Å². The van der Waals surface area contributed by atoms with Crippen molar-refractivity contribution in [3.05, 3.63) is 5.08 Å². The molecule has 0 aromatic carbocycles. The van der Waals surface area contributed by atoms with Gasteiger partial charge in [0.15, 0.2) is 0 Å². The van der Waals surface area contributed by atoms with E-state index >= 15 is 0 Å². The van der Waals surface area contributed by atoms with Crippen molar-refractivity contribution in [2.24, 2.45) is 0 Å². The second-order valence-corrected chi connectivity index (χ2v) is 8.47. The van der Waals surface area contributed by atoms with Crippen LogP contribution in [0.2, 0.25) is 19.6 Å². The zero-order valence-corrected chi connectivity index (χ0v) is 6.60. The third kappa shape index (κ3) is 5.44. The van der Waals surface area contributed by atoms with Crippen LogP contribution in [0.1, 0.15) is 0 Å². The van der Waals surface area contributed by atoms with Crippen molar-refractivity contribution in [2.45, 2.75) is 19.6 Å². The molecule has 8 heavy (non-hydrogen) atoms. The normalized spacial score (nSPS) is 10.2. The third-order valence-electron chi connectivity index (χ3n) is 0.680. The molecule has 0 spiro atoms. The van der Waals surface area contributed by atoms with Gasteiger partial charge in [0.1, 0.15) is 0 Å². The fourth-order valence-corrected chi connectivity index (χ4v) is 0.818. The summed E-state index contributed by atoms with van der Waals surface area (Å²) in [6, 6.07) is 0. The standard InChI is InChI=1S/C4H12N3Si/c1-8(2,3)4-6-7-5/h6H,4H2,1-3H3/q+1. The van der Waals surface area contributed by atoms with Crippen molar-refractivity contribution in [3.63, 3.8) is 0 Å². The average molecular weight is 130 g/mol. The highest BCUT2D eigenvalue weighted by Crippen LogP contribution is 1.95. The number of hydrogen-bond donors (Lipinski definition) is 1. The molecule has 0 radical (unpaired) electrons. The first kappa shape index (κ1) is 7.44. The molecule has 0 aliphatic carbocycles. The third-order valence-corrected chi connectivity index (χ3v) is 1.90. The topological polar surface area (TPSA) is 40.2 Å². The summed E-state index contributed by atoms with van der Waals surface area (Å²) in [6.45, 7) is 6.60. The summed E-state index contributed by atoms with van der Waals surface area (Å²) in [5, 5.41) is 10.8. The molecular formula is C4H12N3Si+. The predicted octanol–water partition coefficient (Wildman–Crippen LogP) is 1.22. The summed E-state index contributed by atoms with van der Waals surface area (Å²) >= 11 is 0. The van der Waals surface area contributed by atoms with E-state index in [1.54, 1.807) is 0 Å². The van der Waals surface area contributed by atoms with Crippen LogP contribution >= 0.6 is 0 Å². The Bertz CT molecular complexity index is 98.8. The summed E-state index contributed by atoms with van der Waals surface area (Å²) in [7, 11) is -1.04. The molecule has 0 aliphatic heterocycles. The molecule has 0 aromatic heterocycles. The van der Waals surface area contributed by atoms with Crippen LogP contribution in [0.3, 0.4) is 0 Å². The molecule has 4 heteroatoms. The molecule has 0 heterocycles. The van der Waals surface area contributed by atoms with E-state index in [4.69, 9.17) is 5.39 Å². The molecule has 0 aromatic rings. The number of rotatable bonds is 2. The first-order chi connectivity index (χ1) is 3.56. The van der Waals surface area contributed by atoms with Crippen molar-refractivity contribution in [1.82, 2.24) is 5.43 Å². The Morgan fingerprint density at radius 2 is 2.00 bits per heavy atom. The van der Waals surface area contributed by atoms with Gasteiger partial charge in [0.2, 0.25) is 0 Å². The van der Waals surface area contributed by atoms with Gasteiger partial charge in [-0.05, 0) is 5.43 Å². The molecule has 0 atom stereocenters. The van der Waals surface area contributed by atoms with Crippen LogP contribution in [0.4, 0.5) is 0 Å². The summed E-state index contributed by atoms with van der Waals surface area (Å²) in [5.74, 6) is 0. The van der Waals surface area contributed by atoms with Gasteiger partial charge in [0, 0.05) is 0 Å². The van der Waals surface area contributed by atoms with Crippen LogP contribution in [0.5, 0.6) is 0 Å². The average Bonchev–Trinajstić information content (AvgIpc) is 1.59. The number of nitrogens with zero attached hydrogens (tertiary/aromatic N) is 2. The second-order valence-electron chi connectivity index (χ2n) is 3.00. The zero-order valence-electron chi connectivity index (χ0n) is 5.60. The quantitative estimate of drug-likeness (QED) is 0.347. The van der Waals surface area contributed by atoms with E-state index in [2.05, 4.69) is 30.2 Å². The lowest BCUT2D eigenvalue weighted by atomic mass is 11.5. The van der Waals surface area contributed by atoms with Crippen LogP contribution < -0.4 is 5.43 Å². The maximum Gasteiger partial charge on any atom is 0.302 e. The fraction of sp³-hybridized carbons (Fsp3) is 1.00. The maximum atomic E-state index is 7.97. The minimum absolute atomic E-state index is 0.837. The van der Waals surface area contributed by atoms with Gasteiger partial charge in [-0.3, -0.25) is 0 Å². The van der Waals surface area contributed by atoms with Crippen molar-refractivity contribution in [3.8, 4) is 0 Å². The second kappa shape index (κ2) is 2.67. The molecule has 0 fully saturated rings. The summed E-state index contributed by atoms with van der Waals surface area (Å²) in [6.07, 6.45) is 0.837. The molecular weight excluding hydrogens is 118 g/mol. The van der Waals surface area contributed by atoms with Gasteiger partial charge in [-0.2, -0.15) is 0 Å². The molecule has 0 amide bonds. The number of hydrogen-bond acceptors (Lipinski definition) is 2. The van der Waals surface area contributed by atoms with Gasteiger partial charge in [-0.1, -0.05) is 19.6 Å². The maximum absolute atomic E-state index is 7.97. The van der Waals surface area contributed by atoms with Gasteiger partial charge in [0.05, 0.1) is 14.2 Å². The highest BCUT2D eigenvalue weighted by molar-refractivity contribution is 6.76. The molecule has 46 valence electrons.